The molecule has 1 saturated carbocycles. The maximum atomic E-state index is 11.5. The van der Waals surface area contributed by atoms with Crippen LogP contribution in [0, 0.1) is 5.92 Å². The van der Waals surface area contributed by atoms with Crippen molar-refractivity contribution in [3.05, 3.63) is 24.0 Å². The van der Waals surface area contributed by atoms with Gasteiger partial charge in [0.2, 0.25) is 0 Å². The van der Waals surface area contributed by atoms with E-state index < -0.39 is 0 Å². The van der Waals surface area contributed by atoms with Gasteiger partial charge in [-0.1, -0.05) is 12.8 Å². The van der Waals surface area contributed by atoms with Gasteiger partial charge in [-0.2, -0.15) is 0 Å². The molecule has 1 aromatic heterocycles. The molecule has 4 heteroatoms. The predicted molar refractivity (Wildman–Crippen MR) is 56.3 cm³/mol. The lowest BCUT2D eigenvalue weighted by Crippen LogP contribution is -2.09. The van der Waals surface area contributed by atoms with Gasteiger partial charge in [-0.3, -0.25) is 4.98 Å². The molecule has 2 rings (SSSR count). The summed E-state index contributed by atoms with van der Waals surface area (Å²) in [7, 11) is 0. The summed E-state index contributed by atoms with van der Waals surface area (Å²) < 4.78 is 5.11. The van der Waals surface area contributed by atoms with Gasteiger partial charge in [-0.15, -0.1) is 0 Å². The van der Waals surface area contributed by atoms with Gasteiger partial charge in [0.1, 0.15) is 0 Å². The van der Waals surface area contributed by atoms with Crippen molar-refractivity contribution in [2.75, 3.05) is 12.3 Å². The first-order valence-electron chi connectivity index (χ1n) is 5.14. The molecule has 0 aromatic carbocycles. The molecule has 80 valence electrons. The number of anilines is 1. The van der Waals surface area contributed by atoms with Gasteiger partial charge >= 0.3 is 5.97 Å². The van der Waals surface area contributed by atoms with Crippen molar-refractivity contribution in [1.29, 1.82) is 0 Å². The Morgan fingerprint density at radius 2 is 2.40 bits per heavy atom. The number of nitrogens with two attached hydrogens (primary N) is 1. The SMILES string of the molecule is Nc1cnccc1C(=O)OCCC1CC1. The van der Waals surface area contributed by atoms with Gasteiger partial charge in [0.15, 0.2) is 0 Å². The smallest absolute Gasteiger partial charge is 0.340 e. The Hall–Kier alpha value is -1.58. The number of esters is 1. The zero-order valence-corrected chi connectivity index (χ0v) is 8.48. The van der Waals surface area contributed by atoms with Crippen LogP contribution in [-0.2, 0) is 4.74 Å². The molecule has 0 unspecified atom stereocenters. The third-order valence-electron chi connectivity index (χ3n) is 2.53. The fourth-order valence-electron chi connectivity index (χ4n) is 1.40. The number of ether oxygens (including phenoxy) is 1. The maximum Gasteiger partial charge on any atom is 0.340 e. The number of nitrogen functional groups attached to an aromatic ring is 1. The molecule has 1 aliphatic carbocycles. The minimum absolute atomic E-state index is 0.351. The molecule has 0 spiro atoms. The second-order valence-corrected chi connectivity index (χ2v) is 3.83. The van der Waals surface area contributed by atoms with Crippen LogP contribution in [0.25, 0.3) is 0 Å². The summed E-state index contributed by atoms with van der Waals surface area (Å²) in [4.78, 5) is 15.4. The number of carbonyl (C=O) groups excluding carboxylic acids is 1. The van der Waals surface area contributed by atoms with E-state index in [-0.39, 0.29) is 5.97 Å². The number of hydrogen-bond donors (Lipinski definition) is 1. The minimum atomic E-state index is -0.351. The van der Waals surface area contributed by atoms with E-state index in [9.17, 15) is 4.79 Å². The summed E-state index contributed by atoms with van der Waals surface area (Å²) in [5, 5.41) is 0. The van der Waals surface area contributed by atoms with E-state index in [2.05, 4.69) is 4.98 Å². The van der Waals surface area contributed by atoms with Crippen LogP contribution < -0.4 is 5.73 Å². The van der Waals surface area contributed by atoms with Crippen LogP contribution in [0.3, 0.4) is 0 Å². The number of rotatable bonds is 4. The van der Waals surface area contributed by atoms with Gasteiger partial charge in [-0.05, 0) is 18.4 Å². The molecule has 2 N–H and O–H groups in total. The van der Waals surface area contributed by atoms with Gasteiger partial charge in [0.25, 0.3) is 0 Å². The lowest BCUT2D eigenvalue weighted by molar-refractivity contribution is 0.0496. The van der Waals surface area contributed by atoms with E-state index in [0.717, 1.165) is 12.3 Å². The summed E-state index contributed by atoms with van der Waals surface area (Å²) in [6.45, 7) is 0.491. The average molecular weight is 206 g/mol. The number of carbonyl (C=O) groups is 1. The highest BCUT2D eigenvalue weighted by Gasteiger charge is 2.21. The lowest BCUT2D eigenvalue weighted by atomic mass is 10.2. The van der Waals surface area contributed by atoms with Crippen LogP contribution in [0.5, 0.6) is 0 Å². The van der Waals surface area contributed by atoms with Crippen molar-refractivity contribution in [3.63, 3.8) is 0 Å². The molecule has 0 aliphatic heterocycles. The highest BCUT2D eigenvalue weighted by atomic mass is 16.5. The number of hydrogen-bond acceptors (Lipinski definition) is 4. The number of nitrogens with zero attached hydrogens (tertiary/aromatic N) is 1. The molecule has 1 aliphatic rings. The van der Waals surface area contributed by atoms with E-state index in [0.29, 0.717) is 17.9 Å². The molecule has 1 heterocycles. The predicted octanol–water partition coefficient (Wildman–Crippen LogP) is 1.62. The van der Waals surface area contributed by atoms with Crippen LogP contribution in [0.2, 0.25) is 0 Å². The normalized spacial score (nSPS) is 14.9. The lowest BCUT2D eigenvalue weighted by Gasteiger charge is -2.05. The summed E-state index contributed by atoms with van der Waals surface area (Å²) in [6, 6.07) is 1.58. The Balaban J connectivity index is 1.86. The van der Waals surface area contributed by atoms with Crippen molar-refractivity contribution >= 4 is 11.7 Å². The van der Waals surface area contributed by atoms with Gasteiger partial charge in [0, 0.05) is 6.20 Å². The average Bonchev–Trinajstić information content (AvgIpc) is 3.02. The zero-order valence-electron chi connectivity index (χ0n) is 8.48. The van der Waals surface area contributed by atoms with Crippen molar-refractivity contribution in [3.8, 4) is 0 Å². The standard InChI is InChI=1S/C11H14N2O2/c12-10-7-13-5-3-9(10)11(14)15-6-4-8-1-2-8/h3,5,7-8H,1-2,4,6,12H2. The Kier molecular flexibility index (Phi) is 2.85. The Morgan fingerprint density at radius 3 is 3.07 bits per heavy atom. The van der Waals surface area contributed by atoms with Gasteiger partial charge in [-0.25, -0.2) is 4.79 Å². The summed E-state index contributed by atoms with van der Waals surface area (Å²) >= 11 is 0. The molecular weight excluding hydrogens is 192 g/mol. The third kappa shape index (κ3) is 2.68. The number of aromatic nitrogens is 1. The molecule has 15 heavy (non-hydrogen) atoms. The van der Waals surface area contributed by atoms with E-state index in [4.69, 9.17) is 10.5 Å². The van der Waals surface area contributed by atoms with Crippen LogP contribution in [-0.4, -0.2) is 17.6 Å². The Morgan fingerprint density at radius 1 is 1.60 bits per heavy atom. The first-order chi connectivity index (χ1) is 7.27. The van der Waals surface area contributed by atoms with Crippen LogP contribution in [0.15, 0.2) is 18.5 Å². The van der Waals surface area contributed by atoms with Gasteiger partial charge < -0.3 is 10.5 Å². The van der Waals surface area contributed by atoms with Crippen molar-refractivity contribution in [2.45, 2.75) is 19.3 Å². The van der Waals surface area contributed by atoms with Crippen LogP contribution in [0.4, 0.5) is 5.69 Å². The summed E-state index contributed by atoms with van der Waals surface area (Å²) in [6.07, 6.45) is 6.51. The van der Waals surface area contributed by atoms with Crippen molar-refractivity contribution in [1.82, 2.24) is 4.98 Å². The molecule has 1 aromatic rings. The first kappa shape index (κ1) is 9.96. The molecule has 0 atom stereocenters. The van der Waals surface area contributed by atoms with Crippen molar-refractivity contribution < 1.29 is 9.53 Å². The fraction of sp³-hybridized carbons (Fsp3) is 0.455. The molecule has 4 nitrogen and oxygen atoms in total. The van der Waals surface area contributed by atoms with E-state index in [1.54, 1.807) is 6.07 Å². The Labute approximate surface area is 88.4 Å². The third-order valence-corrected chi connectivity index (χ3v) is 2.53. The van der Waals surface area contributed by atoms with E-state index in [1.165, 1.54) is 25.2 Å². The molecule has 0 bridgehead atoms. The van der Waals surface area contributed by atoms with Crippen molar-refractivity contribution in [2.24, 2.45) is 5.92 Å². The second kappa shape index (κ2) is 4.29. The highest BCUT2D eigenvalue weighted by Crippen LogP contribution is 2.32. The molecule has 1 fully saturated rings. The zero-order chi connectivity index (χ0) is 10.7. The molecular formula is C11H14N2O2. The Bertz CT molecular complexity index is 361. The number of pyridine rings is 1. The fourth-order valence-corrected chi connectivity index (χ4v) is 1.40. The largest absolute Gasteiger partial charge is 0.462 e. The minimum Gasteiger partial charge on any atom is -0.462 e. The van der Waals surface area contributed by atoms with E-state index >= 15 is 0 Å². The molecule has 0 amide bonds. The first-order valence-corrected chi connectivity index (χ1v) is 5.14. The highest BCUT2D eigenvalue weighted by molar-refractivity contribution is 5.94. The monoisotopic (exact) mass is 206 g/mol. The topological polar surface area (TPSA) is 65.2 Å². The maximum absolute atomic E-state index is 11.5. The molecule has 0 radical (unpaired) electrons. The summed E-state index contributed by atoms with van der Waals surface area (Å²) in [5.41, 5.74) is 6.37. The molecule has 0 saturated heterocycles. The van der Waals surface area contributed by atoms with Gasteiger partial charge in [0.05, 0.1) is 24.1 Å². The van der Waals surface area contributed by atoms with E-state index in [1.807, 2.05) is 0 Å². The second-order valence-electron chi connectivity index (χ2n) is 3.83. The summed E-state index contributed by atoms with van der Waals surface area (Å²) in [5.74, 6) is 0.420. The van der Waals surface area contributed by atoms with Crippen LogP contribution >= 0.6 is 0 Å². The van der Waals surface area contributed by atoms with Crippen LogP contribution in [0.1, 0.15) is 29.6 Å². The quantitative estimate of drug-likeness (QED) is 0.760.